The van der Waals surface area contributed by atoms with Crippen molar-refractivity contribution in [3.8, 4) is 5.75 Å². The van der Waals surface area contributed by atoms with Crippen LogP contribution in [0.2, 0.25) is 5.02 Å². The van der Waals surface area contributed by atoms with Crippen molar-refractivity contribution in [2.45, 2.75) is 6.42 Å². The first-order valence-corrected chi connectivity index (χ1v) is 8.43. The molecule has 0 saturated carbocycles. The Balaban J connectivity index is 1.59. The fourth-order valence-corrected chi connectivity index (χ4v) is 2.66. The summed E-state index contributed by atoms with van der Waals surface area (Å²) in [7, 11) is 1.57. The Morgan fingerprint density at radius 3 is 2.54 bits per heavy atom. The molecule has 0 radical (unpaired) electrons. The monoisotopic (exact) mass is 372 g/mol. The van der Waals surface area contributed by atoms with Crippen LogP contribution in [0.4, 0.5) is 21.7 Å². The van der Waals surface area contributed by atoms with Gasteiger partial charge in [-0.1, -0.05) is 23.7 Å². The minimum absolute atomic E-state index is 0.230. The van der Waals surface area contributed by atoms with Gasteiger partial charge in [-0.05, 0) is 42.3 Å². The highest BCUT2D eigenvalue weighted by atomic mass is 35.5. The lowest BCUT2D eigenvalue weighted by atomic mass is 10.1. The Kier molecular flexibility index (Phi) is 5.86. The van der Waals surface area contributed by atoms with Gasteiger partial charge in [-0.3, -0.25) is 0 Å². The summed E-state index contributed by atoms with van der Waals surface area (Å²) in [5.41, 5.74) is 1.85. The molecule has 2 aromatic carbocycles. The number of hydrogen-bond donors (Lipinski definition) is 2. The summed E-state index contributed by atoms with van der Waals surface area (Å²) in [4.78, 5) is 8.41. The first-order valence-electron chi connectivity index (χ1n) is 8.05. The van der Waals surface area contributed by atoms with Crippen LogP contribution >= 0.6 is 11.6 Å². The lowest BCUT2D eigenvalue weighted by Gasteiger charge is -2.10. The molecule has 134 valence electrons. The van der Waals surface area contributed by atoms with Crippen LogP contribution < -0.4 is 15.4 Å². The SMILES string of the molecule is COc1ccc(Nc2cc(NCCc3ccc(F)cc3)ncn2)cc1Cl. The predicted octanol–water partition coefficient (Wildman–Crippen LogP) is 4.68. The number of anilines is 3. The zero-order valence-electron chi connectivity index (χ0n) is 14.2. The summed E-state index contributed by atoms with van der Waals surface area (Å²) in [6.45, 7) is 0.677. The minimum Gasteiger partial charge on any atom is -0.495 e. The maximum Gasteiger partial charge on any atom is 0.137 e. The van der Waals surface area contributed by atoms with Crippen molar-refractivity contribution in [2.75, 3.05) is 24.3 Å². The molecule has 0 bridgehead atoms. The molecular formula is C19H18ClFN4O. The second-order valence-electron chi connectivity index (χ2n) is 5.57. The number of benzene rings is 2. The topological polar surface area (TPSA) is 59.1 Å². The first kappa shape index (κ1) is 17.9. The highest BCUT2D eigenvalue weighted by Crippen LogP contribution is 2.28. The fraction of sp³-hybridized carbons (Fsp3) is 0.158. The summed E-state index contributed by atoms with van der Waals surface area (Å²) in [5.74, 6) is 1.73. The van der Waals surface area contributed by atoms with E-state index < -0.39 is 0 Å². The lowest BCUT2D eigenvalue weighted by Crippen LogP contribution is -2.07. The normalized spacial score (nSPS) is 10.4. The molecule has 0 aliphatic heterocycles. The third kappa shape index (κ3) is 4.83. The van der Waals surface area contributed by atoms with Crippen molar-refractivity contribution in [2.24, 2.45) is 0 Å². The first-order chi connectivity index (χ1) is 12.6. The van der Waals surface area contributed by atoms with Gasteiger partial charge in [0.1, 0.15) is 29.5 Å². The molecule has 0 fully saturated rings. The number of nitrogens with one attached hydrogen (secondary N) is 2. The third-order valence-corrected chi connectivity index (χ3v) is 4.02. The van der Waals surface area contributed by atoms with Gasteiger partial charge in [-0.15, -0.1) is 0 Å². The zero-order valence-corrected chi connectivity index (χ0v) is 14.9. The van der Waals surface area contributed by atoms with Crippen LogP contribution in [0.25, 0.3) is 0 Å². The largest absolute Gasteiger partial charge is 0.495 e. The van der Waals surface area contributed by atoms with Crippen LogP contribution in [0.15, 0.2) is 54.9 Å². The van der Waals surface area contributed by atoms with E-state index in [1.807, 2.05) is 12.1 Å². The zero-order chi connectivity index (χ0) is 18.4. The lowest BCUT2D eigenvalue weighted by molar-refractivity contribution is 0.415. The maximum atomic E-state index is 12.9. The number of ether oxygens (including phenoxy) is 1. The van der Waals surface area contributed by atoms with Gasteiger partial charge in [0.05, 0.1) is 12.1 Å². The molecule has 0 amide bonds. The van der Waals surface area contributed by atoms with Crippen LogP contribution in [0.1, 0.15) is 5.56 Å². The molecule has 0 atom stereocenters. The number of methoxy groups -OCH3 is 1. The molecule has 1 aromatic heterocycles. The van der Waals surface area contributed by atoms with Gasteiger partial charge in [0, 0.05) is 18.3 Å². The van der Waals surface area contributed by atoms with Crippen LogP contribution in [0.5, 0.6) is 5.75 Å². The second kappa shape index (κ2) is 8.49. The average molecular weight is 373 g/mol. The minimum atomic E-state index is -0.230. The average Bonchev–Trinajstić information content (AvgIpc) is 2.64. The van der Waals surface area contributed by atoms with E-state index in [0.29, 0.717) is 29.0 Å². The fourth-order valence-electron chi connectivity index (χ4n) is 2.40. The molecule has 0 unspecified atom stereocenters. The van der Waals surface area contributed by atoms with Crippen LogP contribution in [-0.2, 0) is 6.42 Å². The molecular weight excluding hydrogens is 355 g/mol. The van der Waals surface area contributed by atoms with Crippen molar-refractivity contribution in [1.82, 2.24) is 9.97 Å². The van der Waals surface area contributed by atoms with E-state index in [-0.39, 0.29) is 5.82 Å². The van der Waals surface area contributed by atoms with E-state index in [1.165, 1.54) is 18.5 Å². The van der Waals surface area contributed by atoms with Crippen molar-refractivity contribution in [3.05, 3.63) is 71.3 Å². The van der Waals surface area contributed by atoms with E-state index >= 15 is 0 Å². The van der Waals surface area contributed by atoms with Gasteiger partial charge in [0.15, 0.2) is 0 Å². The third-order valence-electron chi connectivity index (χ3n) is 3.72. The second-order valence-corrected chi connectivity index (χ2v) is 5.97. The summed E-state index contributed by atoms with van der Waals surface area (Å²) in [6, 6.07) is 13.7. The number of rotatable bonds is 7. The Hall–Kier alpha value is -2.86. The van der Waals surface area contributed by atoms with Gasteiger partial charge < -0.3 is 15.4 Å². The molecule has 3 rings (SSSR count). The summed E-state index contributed by atoms with van der Waals surface area (Å²) in [5, 5.41) is 6.93. The van der Waals surface area contributed by atoms with E-state index in [9.17, 15) is 4.39 Å². The number of aromatic nitrogens is 2. The highest BCUT2D eigenvalue weighted by Gasteiger charge is 2.04. The van der Waals surface area contributed by atoms with Gasteiger partial charge in [0.2, 0.25) is 0 Å². The molecule has 0 aliphatic carbocycles. The van der Waals surface area contributed by atoms with Gasteiger partial charge in [-0.25, -0.2) is 14.4 Å². The van der Waals surface area contributed by atoms with Crippen LogP contribution in [0.3, 0.4) is 0 Å². The van der Waals surface area contributed by atoms with Crippen molar-refractivity contribution in [3.63, 3.8) is 0 Å². The summed E-state index contributed by atoms with van der Waals surface area (Å²) in [6.07, 6.45) is 2.24. The van der Waals surface area contributed by atoms with E-state index in [1.54, 1.807) is 31.4 Å². The molecule has 0 aliphatic rings. The smallest absolute Gasteiger partial charge is 0.137 e. The Bertz CT molecular complexity index is 874. The van der Waals surface area contributed by atoms with Crippen LogP contribution in [-0.4, -0.2) is 23.6 Å². The highest BCUT2D eigenvalue weighted by molar-refractivity contribution is 6.32. The van der Waals surface area contributed by atoms with E-state index in [2.05, 4.69) is 20.6 Å². The van der Waals surface area contributed by atoms with E-state index in [4.69, 9.17) is 16.3 Å². The standard InChI is InChI=1S/C19H18ClFN4O/c1-26-17-7-6-15(10-16(17)20)25-19-11-18(23-12-24-19)22-9-8-13-2-4-14(21)5-3-13/h2-7,10-12H,8-9H2,1H3,(H2,22,23,24,25). The molecule has 0 spiro atoms. The molecule has 3 aromatic rings. The molecule has 0 saturated heterocycles. The molecule has 7 heteroatoms. The van der Waals surface area contributed by atoms with Crippen molar-refractivity contribution in [1.29, 1.82) is 0 Å². The number of halogens is 2. The summed E-state index contributed by atoms with van der Waals surface area (Å²) >= 11 is 6.13. The number of hydrogen-bond acceptors (Lipinski definition) is 5. The van der Waals surface area contributed by atoms with Gasteiger partial charge >= 0.3 is 0 Å². The Morgan fingerprint density at radius 1 is 1.04 bits per heavy atom. The molecule has 5 nitrogen and oxygen atoms in total. The molecule has 1 heterocycles. The Morgan fingerprint density at radius 2 is 1.81 bits per heavy atom. The van der Waals surface area contributed by atoms with Crippen LogP contribution in [0, 0.1) is 5.82 Å². The molecule has 2 N–H and O–H groups in total. The molecule has 26 heavy (non-hydrogen) atoms. The van der Waals surface area contributed by atoms with Crippen molar-refractivity contribution >= 4 is 28.9 Å². The van der Waals surface area contributed by atoms with E-state index in [0.717, 1.165) is 17.7 Å². The van der Waals surface area contributed by atoms with Gasteiger partial charge in [-0.2, -0.15) is 0 Å². The maximum absolute atomic E-state index is 12.9. The summed E-state index contributed by atoms with van der Waals surface area (Å²) < 4.78 is 18.1. The van der Waals surface area contributed by atoms with Gasteiger partial charge in [0.25, 0.3) is 0 Å². The van der Waals surface area contributed by atoms with Crippen molar-refractivity contribution < 1.29 is 9.13 Å². The predicted molar refractivity (Wildman–Crippen MR) is 102 cm³/mol. The quantitative estimate of drug-likeness (QED) is 0.630. The Labute approximate surface area is 156 Å². The number of nitrogens with zero attached hydrogens (tertiary/aromatic N) is 2.